The third-order valence-electron chi connectivity index (χ3n) is 9.22. The van der Waals surface area contributed by atoms with Crippen molar-refractivity contribution in [2.45, 2.75) is 150 Å². The van der Waals surface area contributed by atoms with Crippen molar-refractivity contribution in [2.75, 3.05) is 19.8 Å². The van der Waals surface area contributed by atoms with E-state index >= 15 is 0 Å². The molecule has 0 aromatic carbocycles. The summed E-state index contributed by atoms with van der Waals surface area (Å²) in [7, 11) is 0. The van der Waals surface area contributed by atoms with Crippen LogP contribution < -0.4 is 10.6 Å². The van der Waals surface area contributed by atoms with E-state index in [2.05, 4.69) is 10.6 Å². The molecule has 4 fully saturated rings. The van der Waals surface area contributed by atoms with Crippen molar-refractivity contribution >= 4 is 11.8 Å². The molecule has 4 heterocycles. The highest BCUT2D eigenvalue weighted by atomic mass is 16.8. The van der Waals surface area contributed by atoms with Crippen LogP contribution in [-0.2, 0) is 42.7 Å². The summed E-state index contributed by atoms with van der Waals surface area (Å²) in [6.45, 7) is 3.15. The van der Waals surface area contributed by atoms with Crippen molar-refractivity contribution in [3.63, 3.8) is 0 Å². The van der Waals surface area contributed by atoms with E-state index in [0.717, 1.165) is 6.92 Å². The average Bonchev–Trinajstić information content (AvgIpc) is 3.06. The summed E-state index contributed by atoms with van der Waals surface area (Å²) in [6, 6.07) is -2.40. The zero-order valence-corrected chi connectivity index (χ0v) is 27.8. The van der Waals surface area contributed by atoms with E-state index in [9.17, 15) is 60.7 Å². The summed E-state index contributed by atoms with van der Waals surface area (Å²) in [5, 5.41) is 109. The van der Waals surface area contributed by atoms with Crippen molar-refractivity contribution in [1.29, 1.82) is 0 Å². The lowest BCUT2D eigenvalue weighted by molar-refractivity contribution is -0.374. The van der Waals surface area contributed by atoms with Gasteiger partial charge in [0.1, 0.15) is 85.4 Å². The van der Waals surface area contributed by atoms with E-state index in [4.69, 9.17) is 33.2 Å². The monoisotopic (exact) mass is 730 g/mol. The van der Waals surface area contributed by atoms with Crippen LogP contribution in [0.4, 0.5) is 0 Å². The average molecular weight is 731 g/mol. The molecule has 4 rings (SSSR count). The van der Waals surface area contributed by atoms with Gasteiger partial charge in [-0.15, -0.1) is 0 Å². The molecule has 0 bridgehead atoms. The minimum Gasteiger partial charge on any atom is -0.394 e. The quantitative estimate of drug-likeness (QED) is 0.0939. The van der Waals surface area contributed by atoms with Crippen LogP contribution in [0.3, 0.4) is 0 Å². The molecule has 4 aliphatic heterocycles. The molecule has 0 aromatic heterocycles. The van der Waals surface area contributed by atoms with Crippen LogP contribution in [0.15, 0.2) is 0 Å². The molecule has 0 aromatic rings. The Kier molecular flexibility index (Phi) is 14.3. The minimum atomic E-state index is -1.92. The number of aliphatic hydroxyl groups is 10. The highest BCUT2D eigenvalue weighted by Gasteiger charge is 2.55. The smallest absolute Gasteiger partial charge is 0.217 e. The zero-order chi connectivity index (χ0) is 37.2. The summed E-state index contributed by atoms with van der Waals surface area (Å²) < 4.78 is 40.8. The third kappa shape index (κ3) is 8.89. The second kappa shape index (κ2) is 17.4. The number of aliphatic hydroxyl groups excluding tert-OH is 10. The highest BCUT2D eigenvalue weighted by Crippen LogP contribution is 2.34. The topological polar surface area (TPSA) is 325 Å². The van der Waals surface area contributed by atoms with E-state index in [1.807, 2.05) is 0 Å². The predicted molar refractivity (Wildman–Crippen MR) is 159 cm³/mol. The molecule has 9 unspecified atom stereocenters. The molecule has 12 N–H and O–H groups in total. The minimum absolute atomic E-state index is 0.467. The summed E-state index contributed by atoms with van der Waals surface area (Å²) in [5.74, 6) is -1.15. The Balaban J connectivity index is 1.65. The van der Waals surface area contributed by atoms with Gasteiger partial charge in [-0.1, -0.05) is 0 Å². The van der Waals surface area contributed by atoms with Gasteiger partial charge in [0.2, 0.25) is 11.8 Å². The SMILES string of the molecule is CC(=O)NC1C(C)OC(CO[C@@H]2OC(CO)[C@H](O[C@@H]3OC(CO)[C@H](O)[C@H](O)C3O)[C@H](O[C@@H]3OC(C)[C@H](O)[C@@H](O)C3O)C2NC(C)=O)[C@H](O)[C@@H]1O. The van der Waals surface area contributed by atoms with Gasteiger partial charge in [-0.3, -0.25) is 9.59 Å². The molecule has 0 radical (unpaired) electrons. The largest absolute Gasteiger partial charge is 0.394 e. The molecule has 0 saturated carbocycles. The Hall–Kier alpha value is -1.74. The summed E-state index contributed by atoms with van der Waals surface area (Å²) in [4.78, 5) is 24.1. The van der Waals surface area contributed by atoms with Crippen molar-refractivity contribution in [1.82, 2.24) is 10.6 Å². The van der Waals surface area contributed by atoms with Gasteiger partial charge in [-0.05, 0) is 13.8 Å². The third-order valence-corrected chi connectivity index (χ3v) is 9.22. The maximum Gasteiger partial charge on any atom is 0.217 e. The first-order valence-corrected chi connectivity index (χ1v) is 16.2. The standard InChI is InChI=1S/C29H50N2O19/c1-8-15(30-10(3)34)20(39)19(38)14(45-8)7-44-27-16(31-11(4)35)26(50-28-23(42)21(40)17(36)9(2)46-28)25(13(6-33)48-27)49-29-24(43)22(41)18(37)12(5-32)47-29/h8-9,12-29,32-33,36-43H,5-7H2,1-4H3,(H,30,34)(H,31,35)/t8?,9?,12?,13?,14?,15?,16?,17-,18-,19-,20+,21+,22-,23?,24?,25-,26+,27+,28-,29-/m0/s1. The van der Waals surface area contributed by atoms with E-state index < -0.39 is 154 Å². The Morgan fingerprint density at radius 3 is 1.62 bits per heavy atom. The first-order valence-electron chi connectivity index (χ1n) is 16.2. The molecule has 21 nitrogen and oxygen atoms in total. The number of hydrogen-bond donors (Lipinski definition) is 12. The lowest BCUT2D eigenvalue weighted by Gasteiger charge is -2.50. The maximum atomic E-state index is 12.5. The molecular weight excluding hydrogens is 680 g/mol. The predicted octanol–water partition coefficient (Wildman–Crippen LogP) is -7.36. The van der Waals surface area contributed by atoms with Gasteiger partial charge in [0.05, 0.1) is 38.1 Å². The highest BCUT2D eigenvalue weighted by molar-refractivity contribution is 5.73. The Bertz CT molecular complexity index is 1120. The molecule has 4 saturated heterocycles. The van der Waals surface area contributed by atoms with Crippen LogP contribution in [0.25, 0.3) is 0 Å². The maximum absolute atomic E-state index is 12.5. The lowest BCUT2D eigenvalue weighted by atomic mass is 9.93. The molecule has 4 aliphatic rings. The fourth-order valence-electron chi connectivity index (χ4n) is 6.44. The van der Waals surface area contributed by atoms with Crippen molar-refractivity contribution in [3.8, 4) is 0 Å². The Morgan fingerprint density at radius 2 is 1.04 bits per heavy atom. The van der Waals surface area contributed by atoms with Gasteiger partial charge in [0, 0.05) is 13.8 Å². The van der Waals surface area contributed by atoms with Crippen LogP contribution in [-0.4, -0.2) is 205 Å². The van der Waals surface area contributed by atoms with Gasteiger partial charge in [-0.25, -0.2) is 0 Å². The van der Waals surface area contributed by atoms with Gasteiger partial charge < -0.3 is 94.9 Å². The number of carbonyl (C=O) groups excluding carboxylic acids is 2. The number of nitrogens with one attached hydrogen (secondary N) is 2. The second-order valence-electron chi connectivity index (χ2n) is 13.0. The van der Waals surface area contributed by atoms with Gasteiger partial charge in [0.25, 0.3) is 0 Å². The number of carbonyl (C=O) groups is 2. The summed E-state index contributed by atoms with van der Waals surface area (Å²) in [6.07, 6.45) is -27.9. The first-order chi connectivity index (χ1) is 23.5. The van der Waals surface area contributed by atoms with Gasteiger partial charge in [-0.2, -0.15) is 0 Å². The van der Waals surface area contributed by atoms with Crippen molar-refractivity contribution < 1.29 is 93.8 Å². The van der Waals surface area contributed by atoms with Gasteiger partial charge in [0.15, 0.2) is 18.9 Å². The number of hydrogen-bond acceptors (Lipinski definition) is 19. The van der Waals surface area contributed by atoms with E-state index in [-0.39, 0.29) is 0 Å². The molecule has 2 amide bonds. The lowest BCUT2D eigenvalue weighted by Crippen LogP contribution is -2.70. The Morgan fingerprint density at radius 1 is 0.540 bits per heavy atom. The molecular formula is C29H50N2O19. The fourth-order valence-corrected chi connectivity index (χ4v) is 6.44. The van der Waals surface area contributed by atoms with Crippen LogP contribution in [0, 0.1) is 0 Å². The van der Waals surface area contributed by atoms with E-state index in [0.29, 0.717) is 0 Å². The molecule has 0 spiro atoms. The molecule has 0 aliphatic carbocycles. The zero-order valence-electron chi connectivity index (χ0n) is 27.8. The number of ether oxygens (including phenoxy) is 7. The Labute approximate surface area is 286 Å². The van der Waals surface area contributed by atoms with Crippen LogP contribution in [0.5, 0.6) is 0 Å². The normalized spacial score (nSPS) is 48.5. The molecule has 21 heteroatoms. The first kappa shape index (κ1) is 41.0. The second-order valence-corrected chi connectivity index (χ2v) is 13.0. The molecule has 290 valence electrons. The summed E-state index contributed by atoms with van der Waals surface area (Å²) >= 11 is 0. The van der Waals surface area contributed by atoms with Crippen LogP contribution >= 0.6 is 0 Å². The fraction of sp³-hybridized carbons (Fsp3) is 0.931. The van der Waals surface area contributed by atoms with Crippen molar-refractivity contribution in [2.24, 2.45) is 0 Å². The molecule has 50 heavy (non-hydrogen) atoms. The van der Waals surface area contributed by atoms with Crippen LogP contribution in [0.1, 0.15) is 27.7 Å². The van der Waals surface area contributed by atoms with E-state index in [1.165, 1.54) is 13.8 Å². The van der Waals surface area contributed by atoms with Crippen LogP contribution in [0.2, 0.25) is 0 Å². The number of amides is 2. The van der Waals surface area contributed by atoms with Gasteiger partial charge >= 0.3 is 0 Å². The summed E-state index contributed by atoms with van der Waals surface area (Å²) in [5.41, 5.74) is 0. The van der Waals surface area contributed by atoms with E-state index in [1.54, 1.807) is 6.92 Å². The van der Waals surface area contributed by atoms with Crippen molar-refractivity contribution in [3.05, 3.63) is 0 Å². The molecule has 20 atom stereocenters. The number of rotatable bonds is 11.